The second kappa shape index (κ2) is 9.25. The molecule has 2 aromatic carbocycles. The first-order valence-electron chi connectivity index (χ1n) is 9.93. The number of hydrogen-bond donors (Lipinski definition) is 0. The highest BCUT2D eigenvalue weighted by Gasteiger charge is 2.20. The molecule has 0 aliphatic carbocycles. The minimum absolute atomic E-state index is 0.675. The third kappa shape index (κ3) is 4.50. The summed E-state index contributed by atoms with van der Waals surface area (Å²) >= 11 is 5.29. The normalized spacial score (nSPS) is 12.6. The van der Waals surface area contributed by atoms with Crippen LogP contribution in [0.5, 0.6) is 0 Å². The van der Waals surface area contributed by atoms with Crippen molar-refractivity contribution in [2.24, 2.45) is 5.92 Å². The van der Waals surface area contributed by atoms with Crippen molar-refractivity contribution in [1.82, 2.24) is 9.97 Å². The molecule has 1 unspecified atom stereocenters. The van der Waals surface area contributed by atoms with E-state index in [0.717, 1.165) is 27.0 Å². The van der Waals surface area contributed by atoms with Gasteiger partial charge in [-0.25, -0.2) is 9.97 Å². The number of nitrogens with zero attached hydrogens (tertiary/aromatic N) is 3. The first kappa shape index (κ1) is 19.7. The number of unbranched alkanes of at least 4 members (excludes halogenated alkanes) is 1. The number of thiazole rings is 2. The van der Waals surface area contributed by atoms with Gasteiger partial charge in [-0.05, 0) is 36.6 Å². The summed E-state index contributed by atoms with van der Waals surface area (Å²) < 4.78 is 5.96. The molecular formula is C22H25N3S3. The molecule has 0 aliphatic heterocycles. The van der Waals surface area contributed by atoms with E-state index in [-0.39, 0.29) is 0 Å². The number of benzene rings is 2. The van der Waals surface area contributed by atoms with Crippen LogP contribution in [0.2, 0.25) is 0 Å². The van der Waals surface area contributed by atoms with Crippen molar-refractivity contribution < 1.29 is 0 Å². The summed E-state index contributed by atoms with van der Waals surface area (Å²) in [5.74, 6) is 0.675. The molecule has 0 saturated heterocycles. The highest BCUT2D eigenvalue weighted by molar-refractivity contribution is 8.02. The molecular weight excluding hydrogens is 402 g/mol. The minimum Gasteiger partial charge on any atom is -0.285 e. The summed E-state index contributed by atoms with van der Waals surface area (Å²) in [7, 11) is 0. The second-order valence-electron chi connectivity index (χ2n) is 6.98. The van der Waals surface area contributed by atoms with Gasteiger partial charge in [-0.1, -0.05) is 68.7 Å². The van der Waals surface area contributed by atoms with E-state index in [1.165, 1.54) is 35.1 Å². The van der Waals surface area contributed by atoms with Crippen LogP contribution in [0.1, 0.15) is 39.5 Å². The van der Waals surface area contributed by atoms with E-state index in [2.05, 4.69) is 66.7 Å². The lowest BCUT2D eigenvalue weighted by Crippen LogP contribution is -2.23. The van der Waals surface area contributed by atoms with Crippen molar-refractivity contribution in [2.75, 3.05) is 10.8 Å². The van der Waals surface area contributed by atoms with Crippen molar-refractivity contribution in [1.29, 1.82) is 0 Å². The van der Waals surface area contributed by atoms with Crippen LogP contribution in [0.3, 0.4) is 0 Å². The van der Waals surface area contributed by atoms with E-state index in [9.17, 15) is 0 Å². The van der Waals surface area contributed by atoms with Crippen LogP contribution in [0, 0.1) is 5.92 Å². The summed E-state index contributed by atoms with van der Waals surface area (Å²) in [4.78, 5) is 9.78. The van der Waals surface area contributed by atoms with E-state index < -0.39 is 0 Å². The maximum Gasteiger partial charge on any atom is 0.196 e. The Bertz CT molecular complexity index is 974. The van der Waals surface area contributed by atoms with Gasteiger partial charge < -0.3 is 0 Å². The molecule has 0 N–H and O–H groups in total. The molecule has 28 heavy (non-hydrogen) atoms. The Morgan fingerprint density at radius 1 is 0.929 bits per heavy atom. The van der Waals surface area contributed by atoms with Gasteiger partial charge in [-0.2, -0.15) is 0 Å². The lowest BCUT2D eigenvalue weighted by atomic mass is 9.99. The summed E-state index contributed by atoms with van der Waals surface area (Å²) in [6, 6.07) is 16.8. The van der Waals surface area contributed by atoms with Crippen LogP contribution in [-0.4, -0.2) is 16.5 Å². The molecule has 2 aromatic heterocycles. The average molecular weight is 428 g/mol. The molecule has 146 valence electrons. The molecule has 4 aromatic rings. The Morgan fingerprint density at radius 2 is 1.61 bits per heavy atom. The van der Waals surface area contributed by atoms with Crippen molar-refractivity contribution in [3.8, 4) is 0 Å². The lowest BCUT2D eigenvalue weighted by molar-refractivity contribution is 0.464. The molecule has 0 spiro atoms. The third-order valence-electron chi connectivity index (χ3n) is 4.93. The lowest BCUT2D eigenvalue weighted by Gasteiger charge is -2.24. The van der Waals surface area contributed by atoms with Gasteiger partial charge in [0.05, 0.1) is 20.4 Å². The maximum absolute atomic E-state index is 4.93. The zero-order valence-electron chi connectivity index (χ0n) is 16.3. The third-order valence-corrected chi connectivity index (χ3v) is 8.20. The highest BCUT2D eigenvalue weighted by atomic mass is 32.2. The number of hydrogen-bond acceptors (Lipinski definition) is 6. The van der Waals surface area contributed by atoms with Crippen molar-refractivity contribution in [3.63, 3.8) is 0 Å². The van der Waals surface area contributed by atoms with Crippen LogP contribution >= 0.6 is 34.6 Å². The van der Waals surface area contributed by atoms with E-state index in [0.29, 0.717) is 5.92 Å². The van der Waals surface area contributed by atoms with Crippen LogP contribution in [-0.2, 0) is 0 Å². The molecule has 0 fully saturated rings. The van der Waals surface area contributed by atoms with E-state index in [1.807, 2.05) is 0 Å². The monoisotopic (exact) mass is 427 g/mol. The van der Waals surface area contributed by atoms with Gasteiger partial charge in [-0.15, -0.1) is 11.3 Å². The molecule has 3 nitrogen and oxygen atoms in total. The summed E-state index contributed by atoms with van der Waals surface area (Å²) in [5, 5.41) is 1.08. The van der Waals surface area contributed by atoms with Crippen LogP contribution in [0.4, 0.5) is 5.13 Å². The molecule has 0 radical (unpaired) electrons. The number of fused-ring (bicyclic) bond motifs is 2. The Labute approximate surface area is 179 Å². The Balaban J connectivity index is 1.63. The molecule has 0 aliphatic rings. The summed E-state index contributed by atoms with van der Waals surface area (Å²) in [6.07, 6.45) is 5.01. The largest absolute Gasteiger partial charge is 0.285 e. The van der Waals surface area contributed by atoms with Crippen molar-refractivity contribution >= 4 is 60.2 Å². The number of aromatic nitrogens is 2. The molecule has 0 amide bonds. The average Bonchev–Trinajstić information content (AvgIpc) is 3.33. The zero-order chi connectivity index (χ0) is 19.3. The number of para-hydroxylation sites is 2. The van der Waals surface area contributed by atoms with Gasteiger partial charge in [0.1, 0.15) is 0 Å². The predicted octanol–water partition coefficient (Wildman–Crippen LogP) is 7.64. The number of anilines is 1. The molecule has 4 rings (SSSR count). The van der Waals surface area contributed by atoms with Crippen LogP contribution < -0.4 is 4.31 Å². The van der Waals surface area contributed by atoms with Gasteiger partial charge in [-0.3, -0.25) is 4.31 Å². The molecule has 1 atom stereocenters. The second-order valence-corrected chi connectivity index (χ2v) is 10.3. The number of rotatable bonds is 9. The van der Waals surface area contributed by atoms with Gasteiger partial charge >= 0.3 is 0 Å². The SMILES string of the molecule is CCCCC(CC)CN(Sc1nc2ccccc2s1)c1nc2ccccc2s1. The zero-order valence-corrected chi connectivity index (χ0v) is 18.7. The molecule has 2 heterocycles. The Kier molecular flexibility index (Phi) is 6.50. The van der Waals surface area contributed by atoms with Crippen LogP contribution in [0.15, 0.2) is 52.9 Å². The van der Waals surface area contributed by atoms with E-state index in [1.54, 1.807) is 34.6 Å². The molecule has 0 saturated carbocycles. The summed E-state index contributed by atoms with van der Waals surface area (Å²) in [5.41, 5.74) is 2.16. The fraction of sp³-hybridized carbons (Fsp3) is 0.364. The summed E-state index contributed by atoms with van der Waals surface area (Å²) in [6.45, 7) is 5.59. The fourth-order valence-corrected chi connectivity index (χ4v) is 6.48. The van der Waals surface area contributed by atoms with Gasteiger partial charge in [0.2, 0.25) is 0 Å². The highest BCUT2D eigenvalue weighted by Crippen LogP contribution is 2.38. The maximum atomic E-state index is 4.93. The smallest absolute Gasteiger partial charge is 0.196 e. The Morgan fingerprint density at radius 3 is 2.25 bits per heavy atom. The fourth-order valence-electron chi connectivity index (χ4n) is 3.26. The molecule has 0 bridgehead atoms. The Hall–Kier alpha value is -1.63. The first-order chi connectivity index (χ1) is 13.8. The first-order valence-corrected chi connectivity index (χ1v) is 12.3. The van der Waals surface area contributed by atoms with Gasteiger partial charge in [0, 0.05) is 18.5 Å². The minimum atomic E-state index is 0.675. The molecule has 6 heteroatoms. The topological polar surface area (TPSA) is 29.0 Å². The van der Waals surface area contributed by atoms with E-state index >= 15 is 0 Å². The quantitative estimate of drug-likeness (QED) is 0.257. The van der Waals surface area contributed by atoms with Gasteiger partial charge in [0.15, 0.2) is 9.47 Å². The predicted molar refractivity (Wildman–Crippen MR) is 126 cm³/mol. The van der Waals surface area contributed by atoms with Crippen LogP contribution in [0.25, 0.3) is 20.4 Å². The van der Waals surface area contributed by atoms with Gasteiger partial charge in [0.25, 0.3) is 0 Å². The van der Waals surface area contributed by atoms with Crippen molar-refractivity contribution in [2.45, 2.75) is 43.9 Å². The standard InChI is InChI=1S/C22H25N3S3/c1-3-5-10-16(4-2)15-25(21-23-17-11-6-8-13-19(17)26-21)28-22-24-18-12-7-9-14-20(18)27-22/h6-9,11-14,16H,3-5,10,15H2,1-2H3. The van der Waals surface area contributed by atoms with Crippen molar-refractivity contribution in [3.05, 3.63) is 48.5 Å². The van der Waals surface area contributed by atoms with E-state index in [4.69, 9.17) is 9.97 Å².